The fraction of sp³-hybridized carbons (Fsp3) is 0.500. The lowest BCUT2D eigenvalue weighted by molar-refractivity contribution is -0.133. The van der Waals surface area contributed by atoms with Gasteiger partial charge in [0, 0.05) is 42.3 Å². The Morgan fingerprint density at radius 2 is 1.84 bits per heavy atom. The number of piperazine rings is 1. The fourth-order valence-electron chi connectivity index (χ4n) is 2.88. The summed E-state index contributed by atoms with van der Waals surface area (Å²) in [5.74, 6) is -0.154. The van der Waals surface area contributed by atoms with Crippen molar-refractivity contribution in [1.29, 1.82) is 0 Å². The van der Waals surface area contributed by atoms with Gasteiger partial charge in [-0.15, -0.1) is 0 Å². The molecule has 0 aliphatic carbocycles. The van der Waals surface area contributed by atoms with Gasteiger partial charge in [-0.3, -0.25) is 4.79 Å². The highest BCUT2D eigenvalue weighted by Crippen LogP contribution is 2.26. The summed E-state index contributed by atoms with van der Waals surface area (Å²) in [7, 11) is 0. The van der Waals surface area contributed by atoms with Gasteiger partial charge in [-0.2, -0.15) is 0 Å². The number of amides is 1. The van der Waals surface area contributed by atoms with Crippen molar-refractivity contribution in [2.24, 2.45) is 0 Å². The van der Waals surface area contributed by atoms with Crippen LogP contribution in [0.2, 0.25) is 0 Å². The number of carbonyl (C=O) groups excluding carboxylic acids is 1. The van der Waals surface area contributed by atoms with E-state index in [0.29, 0.717) is 0 Å². The number of anilines is 1. The van der Waals surface area contributed by atoms with Gasteiger partial charge in [-0.1, -0.05) is 15.9 Å². The second-order valence-corrected chi connectivity index (χ2v) is 6.07. The Kier molecular flexibility index (Phi) is 4.13. The standard InChI is InChI=1S/C14H18BrFN2O/c1-9-7-17(8-10(2)18(9)11(3)19)14-5-12(15)4-13(16)6-14/h4-6,9-10H,7-8H2,1-3H3/t9-,10+. The molecule has 0 saturated carbocycles. The van der Waals surface area contributed by atoms with Gasteiger partial charge in [0.25, 0.3) is 0 Å². The van der Waals surface area contributed by atoms with Gasteiger partial charge in [0.2, 0.25) is 5.91 Å². The largest absolute Gasteiger partial charge is 0.367 e. The van der Waals surface area contributed by atoms with Crippen LogP contribution in [-0.2, 0) is 4.79 Å². The first-order chi connectivity index (χ1) is 8.88. The molecule has 2 atom stereocenters. The summed E-state index contributed by atoms with van der Waals surface area (Å²) < 4.78 is 14.2. The molecule has 0 radical (unpaired) electrons. The molecule has 19 heavy (non-hydrogen) atoms. The summed E-state index contributed by atoms with van der Waals surface area (Å²) in [4.78, 5) is 15.6. The van der Waals surface area contributed by atoms with Crippen molar-refractivity contribution in [1.82, 2.24) is 4.90 Å². The van der Waals surface area contributed by atoms with E-state index in [-0.39, 0.29) is 23.8 Å². The first-order valence-electron chi connectivity index (χ1n) is 6.38. The number of halogens is 2. The fourth-order valence-corrected chi connectivity index (χ4v) is 3.33. The SMILES string of the molecule is CC(=O)N1[C@H](C)CN(c2cc(F)cc(Br)c2)C[C@@H]1C. The van der Waals surface area contributed by atoms with Crippen LogP contribution in [-0.4, -0.2) is 36.0 Å². The van der Waals surface area contributed by atoms with E-state index in [2.05, 4.69) is 20.8 Å². The maximum absolute atomic E-state index is 13.5. The van der Waals surface area contributed by atoms with Crippen molar-refractivity contribution < 1.29 is 9.18 Å². The van der Waals surface area contributed by atoms with Gasteiger partial charge >= 0.3 is 0 Å². The quantitative estimate of drug-likeness (QED) is 0.791. The lowest BCUT2D eigenvalue weighted by Crippen LogP contribution is -2.58. The predicted molar refractivity (Wildman–Crippen MR) is 77.8 cm³/mol. The van der Waals surface area contributed by atoms with Gasteiger partial charge < -0.3 is 9.80 Å². The predicted octanol–water partition coefficient (Wildman–Crippen LogP) is 3.03. The van der Waals surface area contributed by atoms with Gasteiger partial charge in [0.1, 0.15) is 5.82 Å². The van der Waals surface area contributed by atoms with Crippen molar-refractivity contribution in [3.05, 3.63) is 28.5 Å². The van der Waals surface area contributed by atoms with Crippen LogP contribution in [0.4, 0.5) is 10.1 Å². The highest BCUT2D eigenvalue weighted by atomic mass is 79.9. The summed E-state index contributed by atoms with van der Waals surface area (Å²) in [6.45, 7) is 7.10. The van der Waals surface area contributed by atoms with Crippen molar-refractivity contribution in [3.8, 4) is 0 Å². The lowest BCUT2D eigenvalue weighted by Gasteiger charge is -2.45. The van der Waals surface area contributed by atoms with Crippen molar-refractivity contribution in [2.45, 2.75) is 32.9 Å². The van der Waals surface area contributed by atoms with Crippen molar-refractivity contribution in [3.63, 3.8) is 0 Å². The highest BCUT2D eigenvalue weighted by molar-refractivity contribution is 9.10. The number of rotatable bonds is 1. The van der Waals surface area contributed by atoms with E-state index in [1.54, 1.807) is 6.92 Å². The molecule has 104 valence electrons. The van der Waals surface area contributed by atoms with E-state index in [1.807, 2.05) is 24.8 Å². The van der Waals surface area contributed by atoms with Crippen LogP contribution in [0.25, 0.3) is 0 Å². The molecule has 0 spiro atoms. The minimum absolute atomic E-state index is 0.0973. The molecule has 0 unspecified atom stereocenters. The molecule has 1 heterocycles. The summed E-state index contributed by atoms with van der Waals surface area (Å²) in [6.07, 6.45) is 0. The monoisotopic (exact) mass is 328 g/mol. The van der Waals surface area contributed by atoms with Gasteiger partial charge in [0.05, 0.1) is 0 Å². The molecular formula is C14H18BrFN2O. The molecule has 1 amide bonds. The molecule has 2 rings (SSSR count). The average molecular weight is 329 g/mol. The lowest BCUT2D eigenvalue weighted by atomic mass is 10.1. The van der Waals surface area contributed by atoms with E-state index in [1.165, 1.54) is 12.1 Å². The third kappa shape index (κ3) is 3.08. The number of hydrogen-bond acceptors (Lipinski definition) is 2. The Labute approximate surface area is 121 Å². The van der Waals surface area contributed by atoms with Gasteiger partial charge in [-0.25, -0.2) is 4.39 Å². The van der Waals surface area contributed by atoms with Crippen molar-refractivity contribution in [2.75, 3.05) is 18.0 Å². The molecular weight excluding hydrogens is 311 g/mol. The zero-order valence-corrected chi connectivity index (χ0v) is 12.9. The van der Waals surface area contributed by atoms with Crippen LogP contribution in [0.1, 0.15) is 20.8 Å². The Hall–Kier alpha value is -1.10. The normalized spacial score (nSPS) is 23.6. The molecule has 5 heteroatoms. The average Bonchev–Trinajstić information content (AvgIpc) is 2.25. The zero-order valence-electron chi connectivity index (χ0n) is 11.4. The third-order valence-corrected chi connectivity index (χ3v) is 3.95. The Morgan fingerprint density at radius 1 is 1.26 bits per heavy atom. The van der Waals surface area contributed by atoms with E-state index in [4.69, 9.17) is 0 Å². The first kappa shape index (κ1) is 14.3. The third-order valence-electron chi connectivity index (χ3n) is 3.50. The maximum atomic E-state index is 13.5. The maximum Gasteiger partial charge on any atom is 0.220 e. The smallest absolute Gasteiger partial charge is 0.220 e. The van der Waals surface area contributed by atoms with Crippen LogP contribution >= 0.6 is 15.9 Å². The minimum Gasteiger partial charge on any atom is -0.367 e. The summed E-state index contributed by atoms with van der Waals surface area (Å²) in [5.41, 5.74) is 0.855. The topological polar surface area (TPSA) is 23.6 Å². The Balaban J connectivity index is 2.22. The molecule has 1 aromatic rings. The minimum atomic E-state index is -0.251. The number of nitrogens with zero attached hydrogens (tertiary/aromatic N) is 2. The number of benzene rings is 1. The summed E-state index contributed by atoms with van der Waals surface area (Å²) in [5, 5.41) is 0. The molecule has 0 aromatic heterocycles. The highest BCUT2D eigenvalue weighted by Gasteiger charge is 2.31. The molecule has 1 aliphatic heterocycles. The Bertz CT molecular complexity index is 462. The van der Waals surface area contributed by atoms with E-state index >= 15 is 0 Å². The van der Waals surface area contributed by atoms with Crippen LogP contribution in [0.15, 0.2) is 22.7 Å². The number of hydrogen-bond donors (Lipinski definition) is 0. The molecule has 3 nitrogen and oxygen atoms in total. The first-order valence-corrected chi connectivity index (χ1v) is 7.17. The van der Waals surface area contributed by atoms with Crippen LogP contribution < -0.4 is 4.90 Å². The Morgan fingerprint density at radius 3 is 2.32 bits per heavy atom. The summed E-state index contributed by atoms with van der Waals surface area (Å²) >= 11 is 3.31. The zero-order chi connectivity index (χ0) is 14.2. The van der Waals surface area contributed by atoms with Crippen LogP contribution in [0, 0.1) is 5.82 Å². The van der Waals surface area contributed by atoms with Crippen LogP contribution in [0.3, 0.4) is 0 Å². The second kappa shape index (κ2) is 5.49. The number of carbonyl (C=O) groups is 1. The van der Waals surface area contributed by atoms with Crippen LogP contribution in [0.5, 0.6) is 0 Å². The molecule has 1 aromatic carbocycles. The molecule has 0 N–H and O–H groups in total. The molecule has 1 fully saturated rings. The molecule has 1 aliphatic rings. The van der Waals surface area contributed by atoms with Crippen molar-refractivity contribution >= 4 is 27.5 Å². The van der Waals surface area contributed by atoms with E-state index < -0.39 is 0 Å². The summed E-state index contributed by atoms with van der Waals surface area (Å²) in [6, 6.07) is 5.15. The van der Waals surface area contributed by atoms with Gasteiger partial charge in [0.15, 0.2) is 0 Å². The van der Waals surface area contributed by atoms with E-state index in [9.17, 15) is 9.18 Å². The van der Waals surface area contributed by atoms with Gasteiger partial charge in [-0.05, 0) is 32.0 Å². The molecule has 0 bridgehead atoms. The molecule has 1 saturated heterocycles. The second-order valence-electron chi connectivity index (χ2n) is 5.16. The van der Waals surface area contributed by atoms with E-state index in [0.717, 1.165) is 23.2 Å².